The van der Waals surface area contributed by atoms with Crippen LogP contribution in [0.25, 0.3) is 0 Å². The predicted octanol–water partition coefficient (Wildman–Crippen LogP) is 3.08. The highest BCUT2D eigenvalue weighted by Crippen LogP contribution is 2.27. The molecular formula is C12H13BrN2O2S2. The predicted molar refractivity (Wildman–Crippen MR) is 81.9 cm³/mol. The molecule has 2 rings (SSSR count). The number of hydrogen-bond donors (Lipinski definition) is 2. The van der Waals surface area contributed by atoms with E-state index in [9.17, 15) is 8.42 Å². The molecule has 19 heavy (non-hydrogen) atoms. The third-order valence-corrected chi connectivity index (χ3v) is 5.67. The average Bonchev–Trinajstić information content (AvgIpc) is 2.84. The van der Waals surface area contributed by atoms with Crippen LogP contribution in [0.1, 0.15) is 11.1 Å². The molecule has 3 N–H and O–H groups in total. The molecule has 7 heteroatoms. The average molecular weight is 361 g/mol. The van der Waals surface area contributed by atoms with Gasteiger partial charge in [-0.2, -0.15) is 11.3 Å². The summed E-state index contributed by atoms with van der Waals surface area (Å²) in [7, 11) is -3.60. The zero-order valence-corrected chi connectivity index (χ0v) is 13.4. The first-order chi connectivity index (χ1) is 8.94. The molecule has 102 valence electrons. The van der Waals surface area contributed by atoms with Crippen LogP contribution in [0.5, 0.6) is 0 Å². The molecule has 0 aliphatic carbocycles. The quantitative estimate of drug-likeness (QED) is 0.879. The van der Waals surface area contributed by atoms with E-state index in [-0.39, 0.29) is 4.90 Å². The highest BCUT2D eigenvalue weighted by atomic mass is 79.9. The van der Waals surface area contributed by atoms with Crippen molar-refractivity contribution in [3.63, 3.8) is 0 Å². The number of hydrogen-bond acceptors (Lipinski definition) is 4. The fourth-order valence-electron chi connectivity index (χ4n) is 1.64. The molecule has 1 heterocycles. The van der Waals surface area contributed by atoms with Crippen LogP contribution in [0.4, 0.5) is 5.69 Å². The van der Waals surface area contributed by atoms with Gasteiger partial charge in [0.05, 0.1) is 10.6 Å². The molecule has 4 nitrogen and oxygen atoms in total. The standard InChI is InChI=1S/C12H13BrN2O2S2/c1-8-11(13)4-9(6-14)5-12(8)19(16,17)15-10-2-3-18-7-10/h2-5,7,15H,6,14H2,1H3. The second-order valence-corrected chi connectivity index (χ2v) is 7.31. The Labute approximate surface area is 124 Å². The van der Waals surface area contributed by atoms with Crippen molar-refractivity contribution in [2.24, 2.45) is 5.73 Å². The van der Waals surface area contributed by atoms with Gasteiger partial charge in [0.25, 0.3) is 10.0 Å². The van der Waals surface area contributed by atoms with E-state index in [0.717, 1.165) is 10.0 Å². The Hall–Kier alpha value is -0.890. The molecule has 0 saturated carbocycles. The van der Waals surface area contributed by atoms with Crippen molar-refractivity contribution in [2.75, 3.05) is 4.72 Å². The van der Waals surface area contributed by atoms with Crippen molar-refractivity contribution in [2.45, 2.75) is 18.4 Å². The zero-order valence-electron chi connectivity index (χ0n) is 10.2. The number of sulfonamides is 1. The van der Waals surface area contributed by atoms with E-state index in [2.05, 4.69) is 20.7 Å². The first-order valence-corrected chi connectivity index (χ1v) is 8.70. The molecule has 0 radical (unpaired) electrons. The van der Waals surface area contributed by atoms with Crippen LogP contribution in [0.3, 0.4) is 0 Å². The maximum absolute atomic E-state index is 12.4. The molecule has 1 aromatic carbocycles. The molecule has 0 aliphatic heterocycles. The molecule has 1 aromatic heterocycles. The number of nitrogens with one attached hydrogen (secondary N) is 1. The third kappa shape index (κ3) is 3.17. The summed E-state index contributed by atoms with van der Waals surface area (Å²) in [4.78, 5) is 0.244. The van der Waals surface area contributed by atoms with Crippen molar-refractivity contribution in [1.29, 1.82) is 0 Å². The monoisotopic (exact) mass is 360 g/mol. The van der Waals surface area contributed by atoms with E-state index in [4.69, 9.17) is 5.73 Å². The lowest BCUT2D eigenvalue weighted by Crippen LogP contribution is -2.15. The molecule has 0 saturated heterocycles. The minimum Gasteiger partial charge on any atom is -0.326 e. The smallest absolute Gasteiger partial charge is 0.262 e. The minimum absolute atomic E-state index is 0.244. The summed E-state index contributed by atoms with van der Waals surface area (Å²) in [6.07, 6.45) is 0. The first-order valence-electron chi connectivity index (χ1n) is 5.48. The number of nitrogens with two attached hydrogens (primary N) is 1. The molecule has 2 aromatic rings. The molecule has 0 amide bonds. The number of anilines is 1. The van der Waals surface area contributed by atoms with Gasteiger partial charge in [-0.15, -0.1) is 0 Å². The zero-order chi connectivity index (χ0) is 14.0. The van der Waals surface area contributed by atoms with Crippen LogP contribution < -0.4 is 10.5 Å². The highest BCUT2D eigenvalue weighted by Gasteiger charge is 2.19. The maximum Gasteiger partial charge on any atom is 0.262 e. The second-order valence-electron chi connectivity index (χ2n) is 4.02. The van der Waals surface area contributed by atoms with Crippen molar-refractivity contribution < 1.29 is 8.42 Å². The lowest BCUT2D eigenvalue weighted by atomic mass is 10.1. The molecular weight excluding hydrogens is 348 g/mol. The summed E-state index contributed by atoms with van der Waals surface area (Å²) in [6.45, 7) is 2.05. The van der Waals surface area contributed by atoms with Gasteiger partial charge in [-0.1, -0.05) is 15.9 Å². The van der Waals surface area contributed by atoms with Crippen LogP contribution in [-0.4, -0.2) is 8.42 Å². The molecule has 0 fully saturated rings. The molecule has 0 aliphatic rings. The van der Waals surface area contributed by atoms with Crippen molar-refractivity contribution >= 4 is 43.0 Å². The fourth-order valence-corrected chi connectivity index (χ4v) is 4.30. The molecule has 0 spiro atoms. The second kappa shape index (κ2) is 5.62. The summed E-state index contributed by atoms with van der Waals surface area (Å²) in [5.41, 5.74) is 7.58. The van der Waals surface area contributed by atoms with E-state index < -0.39 is 10.0 Å². The van der Waals surface area contributed by atoms with Crippen LogP contribution in [-0.2, 0) is 16.6 Å². The van der Waals surface area contributed by atoms with Crippen LogP contribution >= 0.6 is 27.3 Å². The number of thiophene rings is 1. The Morgan fingerprint density at radius 3 is 2.74 bits per heavy atom. The largest absolute Gasteiger partial charge is 0.326 e. The Balaban J connectivity index is 2.48. The normalized spacial score (nSPS) is 11.5. The van der Waals surface area contributed by atoms with E-state index in [1.807, 2.05) is 11.4 Å². The Morgan fingerprint density at radius 1 is 1.42 bits per heavy atom. The van der Waals surface area contributed by atoms with Gasteiger partial charge in [0.1, 0.15) is 0 Å². The van der Waals surface area contributed by atoms with E-state index in [0.29, 0.717) is 17.8 Å². The van der Waals surface area contributed by atoms with Crippen LogP contribution in [0, 0.1) is 6.92 Å². The lowest BCUT2D eigenvalue weighted by molar-refractivity contribution is 0.600. The minimum atomic E-state index is -3.60. The van der Waals surface area contributed by atoms with E-state index >= 15 is 0 Å². The summed E-state index contributed by atoms with van der Waals surface area (Å²) in [5, 5.41) is 3.56. The van der Waals surface area contributed by atoms with Gasteiger partial charge in [0.2, 0.25) is 0 Å². The van der Waals surface area contributed by atoms with E-state index in [1.165, 1.54) is 11.3 Å². The number of rotatable bonds is 4. The SMILES string of the molecule is Cc1c(Br)cc(CN)cc1S(=O)(=O)Nc1ccsc1. The Bertz CT molecular complexity index is 682. The van der Waals surface area contributed by atoms with Gasteiger partial charge in [-0.25, -0.2) is 8.42 Å². The Morgan fingerprint density at radius 2 is 2.16 bits per heavy atom. The van der Waals surface area contributed by atoms with Gasteiger partial charge in [0.15, 0.2) is 0 Å². The van der Waals surface area contributed by atoms with E-state index in [1.54, 1.807) is 24.4 Å². The van der Waals surface area contributed by atoms with Crippen molar-refractivity contribution in [3.8, 4) is 0 Å². The first kappa shape index (κ1) is 14.5. The summed E-state index contributed by atoms with van der Waals surface area (Å²) < 4.78 is 28.0. The van der Waals surface area contributed by atoms with Gasteiger partial charge in [0, 0.05) is 16.4 Å². The molecule has 0 atom stereocenters. The third-order valence-electron chi connectivity index (χ3n) is 2.66. The maximum atomic E-state index is 12.4. The van der Waals surface area contributed by atoms with Crippen molar-refractivity contribution in [1.82, 2.24) is 0 Å². The van der Waals surface area contributed by atoms with Gasteiger partial charge >= 0.3 is 0 Å². The topological polar surface area (TPSA) is 72.2 Å². The number of benzene rings is 1. The summed E-state index contributed by atoms with van der Waals surface area (Å²) >= 11 is 4.80. The van der Waals surface area contributed by atoms with Gasteiger partial charge in [-0.3, -0.25) is 4.72 Å². The highest BCUT2D eigenvalue weighted by molar-refractivity contribution is 9.10. The molecule has 0 unspecified atom stereocenters. The van der Waals surface area contributed by atoms with Crippen molar-refractivity contribution in [3.05, 3.63) is 44.6 Å². The Kier molecular flexibility index (Phi) is 4.29. The van der Waals surface area contributed by atoms with Gasteiger partial charge in [-0.05, 0) is 41.6 Å². The fraction of sp³-hybridized carbons (Fsp3) is 0.167. The molecule has 0 bridgehead atoms. The number of halogens is 1. The lowest BCUT2D eigenvalue weighted by Gasteiger charge is -2.12. The van der Waals surface area contributed by atoms with Gasteiger partial charge < -0.3 is 5.73 Å². The van der Waals surface area contributed by atoms with Crippen LogP contribution in [0.15, 0.2) is 38.3 Å². The summed E-state index contributed by atoms with van der Waals surface area (Å²) in [5.74, 6) is 0. The van der Waals surface area contributed by atoms with Crippen LogP contribution in [0.2, 0.25) is 0 Å². The summed E-state index contributed by atoms with van der Waals surface area (Å²) in [6, 6.07) is 5.16.